The third kappa shape index (κ3) is 3.36. The molecule has 3 rings (SSSR count). The number of rotatable bonds is 3. The highest BCUT2D eigenvalue weighted by molar-refractivity contribution is 9.10. The van der Waals surface area contributed by atoms with E-state index in [-0.39, 0.29) is 27.4 Å². The SMILES string of the molecule is Oc1ccc(N(c2ccc(O)cc2O)c2c(F)cc(Br)cc2F)cc1. The molecule has 7 heteroatoms. The van der Waals surface area contributed by atoms with E-state index < -0.39 is 17.3 Å². The molecule has 25 heavy (non-hydrogen) atoms. The zero-order chi connectivity index (χ0) is 18.1. The van der Waals surface area contributed by atoms with Gasteiger partial charge in [0, 0.05) is 16.2 Å². The van der Waals surface area contributed by atoms with Crippen LogP contribution in [0.15, 0.2) is 59.1 Å². The van der Waals surface area contributed by atoms with E-state index >= 15 is 0 Å². The van der Waals surface area contributed by atoms with E-state index in [1.807, 2.05) is 0 Å². The van der Waals surface area contributed by atoms with Gasteiger partial charge in [0.1, 0.15) is 22.9 Å². The molecule has 0 aromatic heterocycles. The van der Waals surface area contributed by atoms with Gasteiger partial charge in [-0.25, -0.2) is 8.78 Å². The lowest BCUT2D eigenvalue weighted by Gasteiger charge is -2.27. The Kier molecular flexibility index (Phi) is 4.50. The Morgan fingerprint density at radius 3 is 1.88 bits per heavy atom. The molecular weight excluding hydrogens is 396 g/mol. The Bertz CT molecular complexity index is 909. The van der Waals surface area contributed by atoms with Crippen LogP contribution in [0.1, 0.15) is 0 Å². The first-order chi connectivity index (χ1) is 11.9. The van der Waals surface area contributed by atoms with Crippen molar-refractivity contribution in [2.45, 2.75) is 0 Å². The second-order valence-electron chi connectivity index (χ2n) is 5.24. The molecule has 0 bridgehead atoms. The van der Waals surface area contributed by atoms with Gasteiger partial charge in [-0.2, -0.15) is 0 Å². The summed E-state index contributed by atoms with van der Waals surface area (Å²) in [6.07, 6.45) is 0. The van der Waals surface area contributed by atoms with Crippen LogP contribution < -0.4 is 4.90 Å². The van der Waals surface area contributed by atoms with Crippen LogP contribution in [0.4, 0.5) is 25.8 Å². The van der Waals surface area contributed by atoms with Crippen molar-refractivity contribution in [3.63, 3.8) is 0 Å². The van der Waals surface area contributed by atoms with Gasteiger partial charge < -0.3 is 20.2 Å². The Morgan fingerprint density at radius 1 is 0.760 bits per heavy atom. The number of aromatic hydroxyl groups is 3. The van der Waals surface area contributed by atoms with E-state index in [1.54, 1.807) is 0 Å². The van der Waals surface area contributed by atoms with Gasteiger partial charge in [-0.05, 0) is 48.5 Å². The summed E-state index contributed by atoms with van der Waals surface area (Å²) in [5, 5.41) is 29.1. The van der Waals surface area contributed by atoms with E-state index in [0.29, 0.717) is 5.69 Å². The zero-order valence-electron chi connectivity index (χ0n) is 12.6. The molecule has 0 aliphatic heterocycles. The predicted molar refractivity (Wildman–Crippen MR) is 93.7 cm³/mol. The largest absolute Gasteiger partial charge is 0.508 e. The molecule has 0 atom stereocenters. The number of nitrogens with zero attached hydrogens (tertiary/aromatic N) is 1. The summed E-state index contributed by atoms with van der Waals surface area (Å²) in [5.74, 6) is -2.28. The summed E-state index contributed by atoms with van der Waals surface area (Å²) in [7, 11) is 0. The summed E-state index contributed by atoms with van der Waals surface area (Å²) in [6.45, 7) is 0. The van der Waals surface area contributed by atoms with Gasteiger partial charge >= 0.3 is 0 Å². The number of hydrogen-bond donors (Lipinski definition) is 3. The van der Waals surface area contributed by atoms with Crippen LogP contribution in [0.5, 0.6) is 17.2 Å². The molecule has 0 saturated carbocycles. The second kappa shape index (κ2) is 6.60. The fourth-order valence-electron chi connectivity index (χ4n) is 2.44. The van der Waals surface area contributed by atoms with Gasteiger partial charge in [-0.15, -0.1) is 0 Å². The fraction of sp³-hybridized carbons (Fsp3) is 0. The molecule has 3 N–H and O–H groups in total. The molecule has 0 saturated heterocycles. The number of phenolic OH excluding ortho intramolecular Hbond substituents is 3. The average Bonchev–Trinajstić information content (AvgIpc) is 2.52. The van der Waals surface area contributed by atoms with Crippen molar-refractivity contribution in [2.24, 2.45) is 0 Å². The number of halogens is 3. The number of anilines is 3. The lowest BCUT2D eigenvalue weighted by molar-refractivity contribution is 0.451. The quantitative estimate of drug-likeness (QED) is 0.550. The Labute approximate surface area is 150 Å². The molecule has 0 unspecified atom stereocenters. The van der Waals surface area contributed by atoms with Gasteiger partial charge in [0.05, 0.1) is 5.69 Å². The molecule has 4 nitrogen and oxygen atoms in total. The third-order valence-electron chi connectivity index (χ3n) is 3.51. The Hall–Kier alpha value is -2.80. The number of phenols is 3. The van der Waals surface area contributed by atoms with Crippen LogP contribution in [0, 0.1) is 11.6 Å². The summed E-state index contributed by atoms with van der Waals surface area (Å²) in [4.78, 5) is 1.16. The van der Waals surface area contributed by atoms with E-state index in [2.05, 4.69) is 15.9 Å². The van der Waals surface area contributed by atoms with Crippen molar-refractivity contribution < 1.29 is 24.1 Å². The number of hydrogen-bond acceptors (Lipinski definition) is 4. The van der Waals surface area contributed by atoms with Crippen LogP contribution in [-0.2, 0) is 0 Å². The first kappa shape index (κ1) is 17.0. The highest BCUT2D eigenvalue weighted by Gasteiger charge is 2.23. The lowest BCUT2D eigenvalue weighted by Crippen LogP contribution is -2.13. The predicted octanol–water partition coefficient (Wildman–Crippen LogP) is 5.31. The monoisotopic (exact) mass is 407 g/mol. The third-order valence-corrected chi connectivity index (χ3v) is 3.97. The molecule has 0 aliphatic carbocycles. The molecule has 0 aliphatic rings. The summed E-state index contributed by atoms with van der Waals surface area (Å²) in [5.41, 5.74) is -0.0441. The standard InChI is InChI=1S/C18H12BrF2NO3/c19-10-7-14(20)18(15(21)8-10)22(11-1-3-12(23)4-2-11)16-6-5-13(24)9-17(16)25/h1-9,23-25H. The van der Waals surface area contributed by atoms with Crippen molar-refractivity contribution >= 4 is 33.0 Å². The lowest BCUT2D eigenvalue weighted by atomic mass is 10.1. The maximum Gasteiger partial charge on any atom is 0.151 e. The van der Waals surface area contributed by atoms with E-state index in [4.69, 9.17) is 0 Å². The van der Waals surface area contributed by atoms with Crippen LogP contribution in [0.25, 0.3) is 0 Å². The van der Waals surface area contributed by atoms with Gasteiger partial charge in [-0.3, -0.25) is 0 Å². The normalized spacial score (nSPS) is 10.7. The van der Waals surface area contributed by atoms with Gasteiger partial charge in [0.25, 0.3) is 0 Å². The molecular formula is C18H12BrF2NO3. The van der Waals surface area contributed by atoms with Crippen LogP contribution in [-0.4, -0.2) is 15.3 Å². The Balaban J connectivity index is 2.28. The van der Waals surface area contributed by atoms with Crippen molar-refractivity contribution in [3.05, 3.63) is 70.7 Å². The first-order valence-corrected chi connectivity index (χ1v) is 7.92. The first-order valence-electron chi connectivity index (χ1n) is 7.12. The highest BCUT2D eigenvalue weighted by atomic mass is 79.9. The van der Waals surface area contributed by atoms with Crippen molar-refractivity contribution in [1.29, 1.82) is 0 Å². The molecule has 0 amide bonds. The van der Waals surface area contributed by atoms with Gasteiger partial charge in [-0.1, -0.05) is 15.9 Å². The van der Waals surface area contributed by atoms with Crippen molar-refractivity contribution in [1.82, 2.24) is 0 Å². The van der Waals surface area contributed by atoms with Crippen LogP contribution in [0.3, 0.4) is 0 Å². The van der Waals surface area contributed by atoms with Gasteiger partial charge in [0.2, 0.25) is 0 Å². The molecule has 0 radical (unpaired) electrons. The molecule has 0 heterocycles. The van der Waals surface area contributed by atoms with E-state index in [0.717, 1.165) is 23.1 Å². The maximum atomic E-state index is 14.5. The van der Waals surface area contributed by atoms with E-state index in [9.17, 15) is 24.1 Å². The maximum absolute atomic E-state index is 14.5. The Morgan fingerprint density at radius 2 is 1.32 bits per heavy atom. The summed E-state index contributed by atoms with van der Waals surface area (Å²) >= 11 is 3.03. The number of benzene rings is 3. The minimum Gasteiger partial charge on any atom is -0.508 e. The van der Waals surface area contributed by atoms with Crippen LogP contribution >= 0.6 is 15.9 Å². The van der Waals surface area contributed by atoms with Crippen molar-refractivity contribution in [3.8, 4) is 17.2 Å². The zero-order valence-corrected chi connectivity index (χ0v) is 14.2. The van der Waals surface area contributed by atoms with E-state index in [1.165, 1.54) is 36.4 Å². The molecule has 3 aromatic carbocycles. The van der Waals surface area contributed by atoms with Gasteiger partial charge in [0.15, 0.2) is 11.6 Å². The second-order valence-corrected chi connectivity index (χ2v) is 6.16. The minimum absolute atomic E-state index is 0.0182. The minimum atomic E-state index is -0.854. The topological polar surface area (TPSA) is 63.9 Å². The molecule has 3 aromatic rings. The summed E-state index contributed by atoms with van der Waals surface area (Å²) in [6, 6.07) is 11.5. The molecule has 128 valence electrons. The highest BCUT2D eigenvalue weighted by Crippen LogP contribution is 2.43. The van der Waals surface area contributed by atoms with Crippen LogP contribution in [0.2, 0.25) is 0 Å². The fourth-order valence-corrected chi connectivity index (χ4v) is 2.84. The van der Waals surface area contributed by atoms with Crippen molar-refractivity contribution in [2.75, 3.05) is 4.90 Å². The summed E-state index contributed by atoms with van der Waals surface area (Å²) < 4.78 is 29.3. The molecule has 0 fully saturated rings. The average molecular weight is 408 g/mol. The molecule has 0 spiro atoms. The smallest absolute Gasteiger partial charge is 0.151 e.